The van der Waals surface area contributed by atoms with Crippen molar-refractivity contribution < 1.29 is 0 Å². The monoisotopic (exact) mass is 180 g/mol. The van der Waals surface area contributed by atoms with Gasteiger partial charge in [-0.25, -0.2) is 0 Å². The lowest BCUT2D eigenvalue weighted by molar-refractivity contribution is 0.304. The third-order valence-corrected chi connectivity index (χ3v) is 3.35. The number of hydrogen-bond acceptors (Lipinski definition) is 0. The van der Waals surface area contributed by atoms with E-state index in [1.54, 1.807) is 5.57 Å². The van der Waals surface area contributed by atoms with E-state index in [1.165, 1.54) is 44.9 Å². The molecule has 0 aliphatic heterocycles. The Balaban J connectivity index is 2.54. The average Bonchev–Trinajstić information content (AvgIpc) is 2.46. The summed E-state index contributed by atoms with van der Waals surface area (Å²) in [5, 5.41) is 0. The van der Waals surface area contributed by atoms with Crippen molar-refractivity contribution in [2.45, 2.75) is 65.7 Å². The summed E-state index contributed by atoms with van der Waals surface area (Å²) in [6.45, 7) is 6.91. The molecule has 0 unspecified atom stereocenters. The molecule has 76 valence electrons. The Hall–Kier alpha value is -0.260. The van der Waals surface area contributed by atoms with E-state index in [0.717, 1.165) is 0 Å². The molecule has 0 aromatic rings. The van der Waals surface area contributed by atoms with Gasteiger partial charge in [-0.2, -0.15) is 0 Å². The second kappa shape index (κ2) is 4.83. The minimum Gasteiger partial charge on any atom is -0.0794 e. The highest BCUT2D eigenvalue weighted by Gasteiger charge is 2.29. The molecule has 0 spiro atoms. The highest BCUT2D eigenvalue weighted by molar-refractivity contribution is 5.14. The van der Waals surface area contributed by atoms with E-state index in [1.807, 2.05) is 0 Å². The third-order valence-electron chi connectivity index (χ3n) is 3.35. The SMILES string of the molecule is CCCC[C@]1(CCC)C=C(C)CC1. The van der Waals surface area contributed by atoms with Gasteiger partial charge in [-0.1, -0.05) is 44.8 Å². The van der Waals surface area contributed by atoms with Crippen molar-refractivity contribution in [3.63, 3.8) is 0 Å². The normalized spacial score (nSPS) is 27.8. The largest absolute Gasteiger partial charge is 0.0794 e. The van der Waals surface area contributed by atoms with Crippen LogP contribution in [0.5, 0.6) is 0 Å². The van der Waals surface area contributed by atoms with Crippen LogP contribution in [-0.4, -0.2) is 0 Å². The summed E-state index contributed by atoms with van der Waals surface area (Å²) in [6, 6.07) is 0. The van der Waals surface area contributed by atoms with Gasteiger partial charge in [0.1, 0.15) is 0 Å². The fourth-order valence-electron chi connectivity index (χ4n) is 2.66. The molecule has 0 aromatic carbocycles. The average molecular weight is 180 g/mol. The van der Waals surface area contributed by atoms with Crippen LogP contribution in [0.4, 0.5) is 0 Å². The summed E-state index contributed by atoms with van der Waals surface area (Å²) in [4.78, 5) is 0. The maximum Gasteiger partial charge on any atom is -0.0113 e. The van der Waals surface area contributed by atoms with Gasteiger partial charge in [0.25, 0.3) is 0 Å². The Morgan fingerprint density at radius 1 is 1.23 bits per heavy atom. The zero-order valence-corrected chi connectivity index (χ0v) is 9.53. The fourth-order valence-corrected chi connectivity index (χ4v) is 2.66. The first-order valence-corrected chi connectivity index (χ1v) is 5.91. The lowest BCUT2D eigenvalue weighted by Gasteiger charge is -2.26. The molecule has 0 saturated carbocycles. The number of unbranched alkanes of at least 4 members (excludes halogenated alkanes) is 1. The van der Waals surface area contributed by atoms with E-state index in [9.17, 15) is 0 Å². The van der Waals surface area contributed by atoms with E-state index in [0.29, 0.717) is 5.41 Å². The van der Waals surface area contributed by atoms with E-state index < -0.39 is 0 Å². The van der Waals surface area contributed by atoms with E-state index in [4.69, 9.17) is 0 Å². The highest BCUT2D eigenvalue weighted by atomic mass is 14.3. The van der Waals surface area contributed by atoms with Gasteiger partial charge in [-0.3, -0.25) is 0 Å². The van der Waals surface area contributed by atoms with Gasteiger partial charge < -0.3 is 0 Å². The molecule has 1 aliphatic carbocycles. The lowest BCUT2D eigenvalue weighted by atomic mass is 9.78. The van der Waals surface area contributed by atoms with Crippen LogP contribution in [0.25, 0.3) is 0 Å². The summed E-state index contributed by atoms with van der Waals surface area (Å²) in [5.74, 6) is 0. The molecule has 0 bridgehead atoms. The van der Waals surface area contributed by atoms with Crippen LogP contribution in [0.3, 0.4) is 0 Å². The number of allylic oxidation sites excluding steroid dienone is 2. The summed E-state index contributed by atoms with van der Waals surface area (Å²) in [6.07, 6.45) is 12.3. The molecule has 0 aromatic heterocycles. The Morgan fingerprint density at radius 2 is 2.00 bits per heavy atom. The van der Waals surface area contributed by atoms with Gasteiger partial charge in [0.05, 0.1) is 0 Å². The lowest BCUT2D eigenvalue weighted by Crippen LogP contribution is -2.14. The summed E-state index contributed by atoms with van der Waals surface area (Å²) in [7, 11) is 0. The second-order valence-corrected chi connectivity index (χ2v) is 4.71. The molecule has 0 nitrogen and oxygen atoms in total. The van der Waals surface area contributed by atoms with Gasteiger partial charge in [-0.05, 0) is 38.0 Å². The minimum atomic E-state index is 0.606. The third kappa shape index (κ3) is 2.86. The van der Waals surface area contributed by atoms with Crippen molar-refractivity contribution in [2.24, 2.45) is 5.41 Å². The molecule has 0 fully saturated rings. The topological polar surface area (TPSA) is 0 Å². The Bertz CT molecular complexity index is 178. The molecule has 0 amide bonds. The van der Waals surface area contributed by atoms with Gasteiger partial charge in [-0.15, -0.1) is 0 Å². The Morgan fingerprint density at radius 3 is 2.46 bits per heavy atom. The molecule has 0 heteroatoms. The molecule has 1 aliphatic rings. The van der Waals surface area contributed by atoms with E-state index >= 15 is 0 Å². The van der Waals surface area contributed by atoms with Crippen LogP contribution in [0.2, 0.25) is 0 Å². The molecule has 13 heavy (non-hydrogen) atoms. The Labute approximate surface area is 83.4 Å². The summed E-state index contributed by atoms with van der Waals surface area (Å²) in [5.41, 5.74) is 2.24. The van der Waals surface area contributed by atoms with Crippen molar-refractivity contribution in [2.75, 3.05) is 0 Å². The Kier molecular flexibility index (Phi) is 4.02. The molecular weight excluding hydrogens is 156 g/mol. The van der Waals surface area contributed by atoms with Crippen molar-refractivity contribution >= 4 is 0 Å². The van der Waals surface area contributed by atoms with Crippen molar-refractivity contribution in [3.8, 4) is 0 Å². The first kappa shape index (κ1) is 10.8. The van der Waals surface area contributed by atoms with Crippen molar-refractivity contribution in [1.82, 2.24) is 0 Å². The molecule has 0 heterocycles. The molecule has 0 N–H and O–H groups in total. The summed E-state index contributed by atoms with van der Waals surface area (Å²) < 4.78 is 0. The maximum absolute atomic E-state index is 2.58. The molecule has 0 radical (unpaired) electrons. The smallest absolute Gasteiger partial charge is 0.0113 e. The molecule has 1 rings (SSSR count). The van der Waals surface area contributed by atoms with Crippen molar-refractivity contribution in [1.29, 1.82) is 0 Å². The van der Waals surface area contributed by atoms with E-state index in [2.05, 4.69) is 26.8 Å². The van der Waals surface area contributed by atoms with Crippen LogP contribution >= 0.6 is 0 Å². The second-order valence-electron chi connectivity index (χ2n) is 4.71. The molecular formula is C13H24. The maximum atomic E-state index is 2.58. The van der Waals surface area contributed by atoms with Gasteiger partial charge in [0.2, 0.25) is 0 Å². The van der Waals surface area contributed by atoms with Gasteiger partial charge in [0, 0.05) is 0 Å². The quantitative estimate of drug-likeness (QED) is 0.538. The van der Waals surface area contributed by atoms with Crippen LogP contribution in [0.15, 0.2) is 11.6 Å². The molecule has 1 atom stereocenters. The standard InChI is InChI=1S/C13H24/c1-4-6-9-13(8-5-2)10-7-12(3)11-13/h11H,4-10H2,1-3H3/t13-/m0/s1. The first-order valence-electron chi connectivity index (χ1n) is 5.91. The van der Waals surface area contributed by atoms with E-state index in [-0.39, 0.29) is 0 Å². The predicted molar refractivity (Wildman–Crippen MR) is 59.9 cm³/mol. The first-order chi connectivity index (χ1) is 6.22. The van der Waals surface area contributed by atoms with Crippen LogP contribution in [0.1, 0.15) is 65.7 Å². The predicted octanol–water partition coefficient (Wildman–Crippen LogP) is 4.70. The van der Waals surface area contributed by atoms with Crippen LogP contribution in [0, 0.1) is 5.41 Å². The zero-order chi connectivity index (χ0) is 9.73. The number of hydrogen-bond donors (Lipinski definition) is 0. The minimum absolute atomic E-state index is 0.606. The highest BCUT2D eigenvalue weighted by Crippen LogP contribution is 2.43. The number of rotatable bonds is 5. The van der Waals surface area contributed by atoms with Gasteiger partial charge >= 0.3 is 0 Å². The molecule has 0 saturated heterocycles. The summed E-state index contributed by atoms with van der Waals surface area (Å²) >= 11 is 0. The fraction of sp³-hybridized carbons (Fsp3) is 0.846. The van der Waals surface area contributed by atoms with Crippen LogP contribution in [-0.2, 0) is 0 Å². The van der Waals surface area contributed by atoms with Crippen LogP contribution < -0.4 is 0 Å². The zero-order valence-electron chi connectivity index (χ0n) is 9.53. The van der Waals surface area contributed by atoms with Crippen molar-refractivity contribution in [3.05, 3.63) is 11.6 Å². The van der Waals surface area contributed by atoms with Gasteiger partial charge in [0.15, 0.2) is 0 Å².